The monoisotopic (exact) mass is 496 g/mol. The molecule has 0 bridgehead atoms. The molecule has 0 spiro atoms. The van der Waals surface area contributed by atoms with Crippen molar-refractivity contribution in [2.45, 2.75) is 51.0 Å². The third-order valence-corrected chi connectivity index (χ3v) is 8.84. The highest BCUT2D eigenvalue weighted by atomic mass is 15.1. The average Bonchev–Trinajstić information content (AvgIpc) is 3.27. The number of piperidine rings is 1. The van der Waals surface area contributed by atoms with Gasteiger partial charge in [0.05, 0.1) is 0 Å². The lowest BCUT2D eigenvalue weighted by Gasteiger charge is -2.31. The number of hydrogen-bond acceptors (Lipinski definition) is 2. The van der Waals surface area contributed by atoms with Gasteiger partial charge >= 0.3 is 0 Å². The van der Waals surface area contributed by atoms with Gasteiger partial charge in [0, 0.05) is 29.9 Å². The van der Waals surface area contributed by atoms with Gasteiger partial charge in [-0.05, 0) is 102 Å². The first-order chi connectivity index (χ1) is 18.8. The van der Waals surface area contributed by atoms with Crippen LogP contribution in [-0.4, -0.2) is 18.0 Å². The van der Waals surface area contributed by atoms with Gasteiger partial charge in [-0.1, -0.05) is 85.3 Å². The number of nitrogens with one attached hydrogen (secondary N) is 1. The highest BCUT2D eigenvalue weighted by Crippen LogP contribution is 2.44. The van der Waals surface area contributed by atoms with E-state index >= 15 is 0 Å². The quantitative estimate of drug-likeness (QED) is 0.398. The van der Waals surface area contributed by atoms with Crippen molar-refractivity contribution in [3.05, 3.63) is 136 Å². The summed E-state index contributed by atoms with van der Waals surface area (Å²) in [6.07, 6.45) is 20.5. The first kappa shape index (κ1) is 23.5. The zero-order valence-electron chi connectivity index (χ0n) is 22.1. The van der Waals surface area contributed by atoms with Crippen molar-refractivity contribution >= 4 is 5.57 Å². The normalized spacial score (nSPS) is 20.4. The molecule has 0 aromatic heterocycles. The Balaban J connectivity index is 1.27. The molecule has 0 saturated carbocycles. The van der Waals surface area contributed by atoms with Gasteiger partial charge in [-0.15, -0.1) is 0 Å². The van der Waals surface area contributed by atoms with E-state index in [2.05, 4.69) is 101 Å². The summed E-state index contributed by atoms with van der Waals surface area (Å²) in [7, 11) is 0. The Morgan fingerprint density at radius 1 is 0.737 bits per heavy atom. The van der Waals surface area contributed by atoms with Gasteiger partial charge in [0.25, 0.3) is 0 Å². The predicted molar refractivity (Wildman–Crippen MR) is 159 cm³/mol. The topological polar surface area (TPSA) is 15.3 Å². The molecule has 1 fully saturated rings. The lowest BCUT2D eigenvalue weighted by Crippen LogP contribution is -2.29. The second-order valence-corrected chi connectivity index (χ2v) is 11.2. The molecule has 0 radical (unpaired) electrons. The van der Waals surface area contributed by atoms with Crippen LogP contribution in [0.15, 0.2) is 103 Å². The summed E-state index contributed by atoms with van der Waals surface area (Å²) in [5, 5.41) is 3.56. The van der Waals surface area contributed by atoms with E-state index in [0.29, 0.717) is 5.92 Å². The van der Waals surface area contributed by atoms with Crippen LogP contribution in [0.1, 0.15) is 58.6 Å². The Kier molecular flexibility index (Phi) is 6.35. The number of allylic oxidation sites excluding steroid dienone is 6. The van der Waals surface area contributed by atoms with E-state index in [9.17, 15) is 0 Å². The minimum Gasteiger partial charge on any atom is -0.361 e. The van der Waals surface area contributed by atoms with Crippen molar-refractivity contribution in [2.75, 3.05) is 13.1 Å². The Morgan fingerprint density at radius 3 is 2.47 bits per heavy atom. The van der Waals surface area contributed by atoms with E-state index in [-0.39, 0.29) is 0 Å². The van der Waals surface area contributed by atoms with E-state index in [1.165, 1.54) is 82.6 Å². The minimum atomic E-state index is 0.365. The van der Waals surface area contributed by atoms with E-state index < -0.39 is 0 Å². The van der Waals surface area contributed by atoms with Crippen molar-refractivity contribution in [3.8, 4) is 11.1 Å². The number of aryl methyl sites for hydroxylation is 1. The summed E-state index contributed by atoms with van der Waals surface area (Å²) in [4.78, 5) is 2.61. The fourth-order valence-electron chi connectivity index (χ4n) is 6.87. The highest BCUT2D eigenvalue weighted by molar-refractivity contribution is 5.87. The molecule has 2 nitrogen and oxygen atoms in total. The smallest absolute Gasteiger partial charge is 0.0456 e. The second kappa shape index (κ2) is 10.3. The molecule has 1 atom stereocenters. The van der Waals surface area contributed by atoms with Gasteiger partial charge in [0.1, 0.15) is 0 Å². The summed E-state index contributed by atoms with van der Waals surface area (Å²) >= 11 is 0. The van der Waals surface area contributed by atoms with Crippen LogP contribution in [0.25, 0.3) is 16.7 Å². The zero-order chi connectivity index (χ0) is 25.3. The molecule has 2 heteroatoms. The largest absolute Gasteiger partial charge is 0.361 e. The molecule has 7 rings (SSSR count). The number of likely N-dealkylation sites (tertiary alicyclic amines) is 1. The summed E-state index contributed by atoms with van der Waals surface area (Å²) in [5.41, 5.74) is 14.2. The molecule has 38 heavy (non-hydrogen) atoms. The number of nitrogens with zero attached hydrogens (tertiary/aromatic N) is 1. The molecule has 2 aliphatic carbocycles. The second-order valence-electron chi connectivity index (χ2n) is 11.2. The standard InChI is InChI=1S/C36H36N2/c1-3-11-36(37-20-6-1)35-24-29(27-14-12-26(13-15-27)25-38-21-7-2-8-22-38)23-34-32-17-16-28-9-4-5-10-30(28)31(32)18-19-33(34)35/h1,3-6,9-15,18-20,24,29,37H,2,7-8,16-17,21-23,25H2. The molecule has 2 aliphatic heterocycles. The lowest BCUT2D eigenvalue weighted by molar-refractivity contribution is 0.221. The van der Waals surface area contributed by atoms with Gasteiger partial charge in [0.15, 0.2) is 0 Å². The fourth-order valence-corrected chi connectivity index (χ4v) is 6.87. The molecule has 190 valence electrons. The Bertz CT molecular complexity index is 1460. The third-order valence-electron chi connectivity index (χ3n) is 8.84. The minimum absolute atomic E-state index is 0.365. The van der Waals surface area contributed by atoms with Crippen LogP contribution in [0.4, 0.5) is 0 Å². The van der Waals surface area contributed by atoms with Gasteiger partial charge in [-0.3, -0.25) is 4.90 Å². The number of hydrogen-bond donors (Lipinski definition) is 1. The maximum Gasteiger partial charge on any atom is 0.0456 e. The molecule has 1 saturated heterocycles. The maximum atomic E-state index is 3.56. The first-order valence-electron chi connectivity index (χ1n) is 14.4. The van der Waals surface area contributed by atoms with E-state index in [1.54, 1.807) is 5.56 Å². The first-order valence-corrected chi connectivity index (χ1v) is 14.4. The molecule has 2 heterocycles. The molecule has 1 unspecified atom stereocenters. The van der Waals surface area contributed by atoms with Crippen LogP contribution in [0.5, 0.6) is 0 Å². The van der Waals surface area contributed by atoms with Crippen LogP contribution in [0.3, 0.4) is 0 Å². The van der Waals surface area contributed by atoms with Crippen LogP contribution >= 0.6 is 0 Å². The maximum absolute atomic E-state index is 3.56. The fraction of sp³-hybridized carbons (Fsp3) is 0.278. The molecule has 4 aliphatic rings. The predicted octanol–water partition coefficient (Wildman–Crippen LogP) is 7.72. The zero-order valence-corrected chi connectivity index (χ0v) is 22.1. The number of benzene rings is 3. The van der Waals surface area contributed by atoms with Crippen LogP contribution in [-0.2, 0) is 25.8 Å². The van der Waals surface area contributed by atoms with Gasteiger partial charge in [0.2, 0.25) is 0 Å². The van der Waals surface area contributed by atoms with E-state index in [0.717, 1.165) is 25.8 Å². The van der Waals surface area contributed by atoms with Crippen LogP contribution in [0.2, 0.25) is 0 Å². The lowest BCUT2D eigenvalue weighted by atomic mass is 9.74. The number of fused-ring (bicyclic) bond motifs is 5. The van der Waals surface area contributed by atoms with Gasteiger partial charge < -0.3 is 5.32 Å². The summed E-state index contributed by atoms with van der Waals surface area (Å²) in [6, 6.07) is 23.3. The average molecular weight is 497 g/mol. The summed E-state index contributed by atoms with van der Waals surface area (Å²) in [6.45, 7) is 3.57. The molecule has 0 amide bonds. The van der Waals surface area contributed by atoms with Crippen molar-refractivity contribution in [1.82, 2.24) is 10.2 Å². The number of rotatable bonds is 4. The van der Waals surface area contributed by atoms with E-state index in [4.69, 9.17) is 0 Å². The van der Waals surface area contributed by atoms with Gasteiger partial charge in [-0.2, -0.15) is 0 Å². The van der Waals surface area contributed by atoms with Crippen LogP contribution in [0, 0.1) is 0 Å². The van der Waals surface area contributed by atoms with Gasteiger partial charge in [-0.25, -0.2) is 0 Å². The molecule has 3 aromatic carbocycles. The van der Waals surface area contributed by atoms with Crippen molar-refractivity contribution in [1.29, 1.82) is 0 Å². The van der Waals surface area contributed by atoms with Crippen LogP contribution < -0.4 is 5.32 Å². The molecule has 1 N–H and O–H groups in total. The van der Waals surface area contributed by atoms with E-state index in [1.807, 2.05) is 6.20 Å². The molecule has 3 aromatic rings. The van der Waals surface area contributed by atoms with Crippen molar-refractivity contribution < 1.29 is 0 Å². The SMILES string of the molecule is C1=CC=C(C2=CC(c3ccc(CN4CCCCC4)cc3)Cc3c2ccc2c3CCc3ccccc3-2)NC=C1. The summed E-state index contributed by atoms with van der Waals surface area (Å²) < 4.78 is 0. The third kappa shape index (κ3) is 4.48. The Hall–Kier alpha value is -3.62. The Labute approximate surface area is 227 Å². The summed E-state index contributed by atoms with van der Waals surface area (Å²) in [5.74, 6) is 0.365. The molecular weight excluding hydrogens is 460 g/mol. The van der Waals surface area contributed by atoms with Crippen molar-refractivity contribution in [2.24, 2.45) is 0 Å². The Morgan fingerprint density at radius 2 is 1.58 bits per heavy atom. The molecular formula is C36H36N2. The van der Waals surface area contributed by atoms with Crippen molar-refractivity contribution in [3.63, 3.8) is 0 Å². The highest BCUT2D eigenvalue weighted by Gasteiger charge is 2.28.